The Balaban J connectivity index is 4.95. The first kappa shape index (κ1) is 11.2. The Hall–Kier alpha value is -0.800. The minimum Gasteiger partial charge on any atom is -0.207 e. The number of hydrogen-bond acceptors (Lipinski definition) is 2. The van der Waals surface area contributed by atoms with Crippen molar-refractivity contribution in [3.63, 3.8) is 0 Å². The van der Waals surface area contributed by atoms with Crippen LogP contribution in [-0.4, -0.2) is 8.42 Å². The van der Waals surface area contributed by atoms with Gasteiger partial charge in [0.25, 0.3) is 9.05 Å². The van der Waals surface area contributed by atoms with Crippen molar-refractivity contribution in [3.8, 4) is 0 Å². The van der Waals surface area contributed by atoms with Crippen LogP contribution >= 0.6 is 10.7 Å². The zero-order valence-electron chi connectivity index (χ0n) is 6.40. The van der Waals surface area contributed by atoms with Crippen LogP contribution in [-0.2, 0) is 9.05 Å². The highest BCUT2D eigenvalue weighted by atomic mass is 35.7. The summed E-state index contributed by atoms with van der Waals surface area (Å²) >= 11 is 0. The third-order valence-corrected chi connectivity index (χ3v) is 2.33. The van der Waals surface area contributed by atoms with Gasteiger partial charge < -0.3 is 0 Å². The Morgan fingerprint density at radius 1 is 1.25 bits per heavy atom. The van der Waals surface area contributed by atoms with Crippen molar-refractivity contribution in [1.29, 1.82) is 0 Å². The van der Waals surface area contributed by atoms with E-state index in [1.54, 1.807) is 0 Å². The second-order valence-corrected chi connectivity index (χ2v) is 4.40. The molecule has 0 aliphatic heterocycles. The topological polar surface area (TPSA) is 34.1 Å². The maximum atomic E-state index is 10.8. The van der Waals surface area contributed by atoms with Crippen LogP contribution < -0.4 is 0 Å². The molecule has 0 saturated carbocycles. The molecule has 0 radical (unpaired) electrons. The second kappa shape index (κ2) is 4.95. The third-order valence-electron chi connectivity index (χ3n) is 0.960. The first-order chi connectivity index (χ1) is 5.52. The largest absolute Gasteiger partial charge is 0.261 e. The summed E-state index contributed by atoms with van der Waals surface area (Å²) in [5, 5.41) is 0. The minimum atomic E-state index is -3.67. The lowest BCUT2D eigenvalue weighted by molar-refractivity contribution is 0.615. The van der Waals surface area contributed by atoms with Crippen molar-refractivity contribution < 1.29 is 8.42 Å². The molecule has 0 unspecified atom stereocenters. The minimum absolute atomic E-state index is 0.000864. The first-order valence-corrected chi connectivity index (χ1v) is 5.39. The van der Waals surface area contributed by atoms with Crippen molar-refractivity contribution in [1.82, 2.24) is 0 Å². The lowest BCUT2D eigenvalue weighted by Crippen LogP contribution is -1.90. The smallest absolute Gasteiger partial charge is 0.207 e. The van der Waals surface area contributed by atoms with Gasteiger partial charge in [-0.05, 0) is 12.2 Å². The molecular weight excluding hydrogens is 196 g/mol. The summed E-state index contributed by atoms with van der Waals surface area (Å²) in [7, 11) is 1.41. The molecule has 0 aromatic rings. The molecule has 0 aromatic heterocycles. The van der Waals surface area contributed by atoms with Crippen molar-refractivity contribution in [2.24, 2.45) is 0 Å². The number of rotatable bonds is 4. The summed E-state index contributed by atoms with van der Waals surface area (Å²) in [6.45, 7) is 6.76. The van der Waals surface area contributed by atoms with Crippen LogP contribution in [0.4, 0.5) is 0 Å². The fourth-order valence-electron chi connectivity index (χ4n) is 0.497. The fraction of sp³-hybridized carbons (Fsp3) is 0. The van der Waals surface area contributed by atoms with E-state index in [4.69, 9.17) is 10.7 Å². The zero-order valence-corrected chi connectivity index (χ0v) is 7.98. The van der Waals surface area contributed by atoms with Gasteiger partial charge in [0.15, 0.2) is 0 Å². The van der Waals surface area contributed by atoms with E-state index in [9.17, 15) is 8.42 Å². The molecule has 0 atom stereocenters. The van der Waals surface area contributed by atoms with E-state index in [1.807, 2.05) is 0 Å². The fourth-order valence-corrected chi connectivity index (χ4v) is 1.31. The predicted molar refractivity (Wildman–Crippen MR) is 52.4 cm³/mol. The SMILES string of the molecule is C=C/C=C\C(=C/C=C)S(=O)(=O)Cl. The van der Waals surface area contributed by atoms with Gasteiger partial charge in [0, 0.05) is 10.7 Å². The third kappa shape index (κ3) is 4.16. The summed E-state index contributed by atoms with van der Waals surface area (Å²) in [5.74, 6) is 0. The van der Waals surface area contributed by atoms with Gasteiger partial charge in [-0.2, -0.15) is 0 Å². The molecule has 66 valence electrons. The van der Waals surface area contributed by atoms with Crippen LogP contribution in [0.1, 0.15) is 0 Å². The van der Waals surface area contributed by atoms with Crippen LogP contribution in [0.2, 0.25) is 0 Å². The molecule has 0 fully saturated rings. The number of halogens is 1. The molecule has 0 spiro atoms. The van der Waals surface area contributed by atoms with Gasteiger partial charge in [-0.3, -0.25) is 0 Å². The summed E-state index contributed by atoms with van der Waals surface area (Å²) in [6, 6.07) is 0. The molecule has 0 aliphatic rings. The second-order valence-electron chi connectivity index (χ2n) is 1.84. The van der Waals surface area contributed by atoms with E-state index in [2.05, 4.69) is 13.2 Å². The van der Waals surface area contributed by atoms with Crippen LogP contribution in [0.3, 0.4) is 0 Å². The van der Waals surface area contributed by atoms with Gasteiger partial charge in [-0.1, -0.05) is 31.4 Å². The van der Waals surface area contributed by atoms with Gasteiger partial charge in [0.2, 0.25) is 0 Å². The summed E-state index contributed by atoms with van der Waals surface area (Å²) in [4.78, 5) is -0.000864. The molecule has 4 heteroatoms. The normalized spacial score (nSPS) is 13.2. The molecule has 0 aliphatic carbocycles. The molecule has 12 heavy (non-hydrogen) atoms. The highest BCUT2D eigenvalue weighted by molar-refractivity contribution is 8.17. The monoisotopic (exact) mass is 204 g/mol. The van der Waals surface area contributed by atoms with Crippen LogP contribution in [0.5, 0.6) is 0 Å². The summed E-state index contributed by atoms with van der Waals surface area (Å²) in [6.07, 6.45) is 6.94. The molecule has 0 amide bonds. The van der Waals surface area contributed by atoms with Crippen LogP contribution in [0.15, 0.2) is 48.4 Å². The molecular formula is C8H9ClO2S. The molecule has 0 heterocycles. The average Bonchev–Trinajstić information content (AvgIpc) is 1.95. The Labute approximate surface area is 77.0 Å². The summed E-state index contributed by atoms with van der Waals surface area (Å²) < 4.78 is 21.6. The highest BCUT2D eigenvalue weighted by Gasteiger charge is 2.08. The Bertz CT molecular complexity index is 323. The molecule has 0 rings (SSSR count). The van der Waals surface area contributed by atoms with Gasteiger partial charge in [-0.25, -0.2) is 8.42 Å². The van der Waals surface area contributed by atoms with Crippen molar-refractivity contribution in [2.45, 2.75) is 0 Å². The maximum Gasteiger partial charge on any atom is 0.261 e. The van der Waals surface area contributed by atoms with Crippen LogP contribution in [0, 0.1) is 0 Å². The quantitative estimate of drug-likeness (QED) is 0.521. The van der Waals surface area contributed by atoms with Crippen molar-refractivity contribution in [3.05, 3.63) is 48.4 Å². The van der Waals surface area contributed by atoms with Gasteiger partial charge in [0.1, 0.15) is 0 Å². The van der Waals surface area contributed by atoms with Gasteiger partial charge in [-0.15, -0.1) is 0 Å². The first-order valence-electron chi connectivity index (χ1n) is 3.09. The molecule has 0 aromatic carbocycles. The van der Waals surface area contributed by atoms with Gasteiger partial charge >= 0.3 is 0 Å². The van der Waals surface area contributed by atoms with Crippen molar-refractivity contribution >= 4 is 19.7 Å². The van der Waals surface area contributed by atoms with Gasteiger partial charge in [0.05, 0.1) is 4.91 Å². The van der Waals surface area contributed by atoms with Crippen molar-refractivity contribution in [2.75, 3.05) is 0 Å². The number of allylic oxidation sites excluding steroid dienone is 5. The molecule has 0 bridgehead atoms. The molecule has 0 saturated heterocycles. The lowest BCUT2D eigenvalue weighted by Gasteiger charge is -1.92. The molecule has 2 nitrogen and oxygen atoms in total. The zero-order chi connectivity index (χ0) is 9.61. The summed E-state index contributed by atoms with van der Waals surface area (Å²) in [5.41, 5.74) is 0. The highest BCUT2D eigenvalue weighted by Crippen LogP contribution is 2.13. The van der Waals surface area contributed by atoms with E-state index in [1.165, 1.54) is 30.4 Å². The Morgan fingerprint density at radius 2 is 1.83 bits per heavy atom. The lowest BCUT2D eigenvalue weighted by atomic mass is 10.4. The van der Waals surface area contributed by atoms with E-state index < -0.39 is 9.05 Å². The Morgan fingerprint density at radius 3 is 2.17 bits per heavy atom. The van der Waals surface area contributed by atoms with E-state index in [-0.39, 0.29) is 4.91 Å². The Kier molecular flexibility index (Phi) is 4.62. The average molecular weight is 205 g/mol. The number of hydrogen-bond donors (Lipinski definition) is 0. The van der Waals surface area contributed by atoms with E-state index in [0.29, 0.717) is 0 Å². The molecule has 0 N–H and O–H groups in total. The maximum absolute atomic E-state index is 10.8. The standard InChI is InChI=1S/C8H9ClO2S/c1-3-5-7-8(6-4-2)12(9,10)11/h3-7H,1-2H2/b7-5-,8-6+. The van der Waals surface area contributed by atoms with Crippen LogP contribution in [0.25, 0.3) is 0 Å². The predicted octanol–water partition coefficient (Wildman–Crippen LogP) is 2.37. The van der Waals surface area contributed by atoms with E-state index >= 15 is 0 Å². The van der Waals surface area contributed by atoms with E-state index in [0.717, 1.165) is 0 Å².